The van der Waals surface area contributed by atoms with Crippen molar-refractivity contribution in [2.45, 2.75) is 40.7 Å². The van der Waals surface area contributed by atoms with Gasteiger partial charge in [-0.25, -0.2) is 12.6 Å². The van der Waals surface area contributed by atoms with E-state index in [9.17, 15) is 39.0 Å². The predicted octanol–water partition coefficient (Wildman–Crippen LogP) is 4.26. The Hall–Kier alpha value is -2.00. The SMILES string of the molecule is O=S(c1ccc(C(F)(F)F)cc1)N1CCOC12CCN(S(=O)(=O)c1ccc(C(F)(F)F)cc1)CC2. The lowest BCUT2D eigenvalue weighted by Crippen LogP contribution is -2.54. The Morgan fingerprint density at radius 3 is 1.77 bits per heavy atom. The third-order valence-corrected chi connectivity index (χ3v) is 9.53. The molecule has 2 aliphatic heterocycles. The van der Waals surface area contributed by atoms with Crippen LogP contribution in [-0.2, 0) is 38.1 Å². The molecule has 2 heterocycles. The van der Waals surface area contributed by atoms with Crippen LogP contribution in [0.25, 0.3) is 0 Å². The van der Waals surface area contributed by atoms with Crippen LogP contribution in [0, 0.1) is 0 Å². The normalized spacial score (nSPS) is 20.9. The van der Waals surface area contributed by atoms with Gasteiger partial charge in [0.1, 0.15) is 16.7 Å². The van der Waals surface area contributed by atoms with Gasteiger partial charge in [0.05, 0.1) is 27.5 Å². The van der Waals surface area contributed by atoms with Crippen LogP contribution in [-0.4, -0.2) is 53.2 Å². The van der Waals surface area contributed by atoms with E-state index in [1.165, 1.54) is 4.31 Å². The topological polar surface area (TPSA) is 66.9 Å². The molecular weight excluding hydrogens is 522 g/mol. The van der Waals surface area contributed by atoms with Crippen LogP contribution < -0.4 is 0 Å². The van der Waals surface area contributed by atoms with E-state index in [-0.39, 0.29) is 48.9 Å². The molecule has 2 aromatic rings. The molecule has 0 N–H and O–H groups in total. The number of hydrogen-bond donors (Lipinski definition) is 0. The summed E-state index contributed by atoms with van der Waals surface area (Å²) in [5.74, 6) is 0. The Labute approximate surface area is 200 Å². The summed E-state index contributed by atoms with van der Waals surface area (Å²) in [5.41, 5.74) is -2.90. The largest absolute Gasteiger partial charge is 0.416 e. The van der Waals surface area contributed by atoms with Gasteiger partial charge in [0.2, 0.25) is 10.0 Å². The number of rotatable bonds is 4. The van der Waals surface area contributed by atoms with Gasteiger partial charge >= 0.3 is 12.4 Å². The van der Waals surface area contributed by atoms with E-state index < -0.39 is 50.2 Å². The molecule has 2 aromatic carbocycles. The number of piperidine rings is 1. The highest BCUT2D eigenvalue weighted by molar-refractivity contribution is 7.89. The molecule has 4 rings (SSSR count). The first-order valence-electron chi connectivity index (χ1n) is 10.4. The average molecular weight is 543 g/mol. The predicted molar refractivity (Wildman–Crippen MR) is 113 cm³/mol. The monoisotopic (exact) mass is 542 g/mol. The second-order valence-corrected chi connectivity index (χ2v) is 11.4. The lowest BCUT2D eigenvalue weighted by atomic mass is 10.0. The zero-order valence-electron chi connectivity index (χ0n) is 18.0. The molecule has 192 valence electrons. The highest BCUT2D eigenvalue weighted by Crippen LogP contribution is 2.39. The molecular formula is C21H20F6N2O4S2. The Kier molecular flexibility index (Phi) is 6.81. The van der Waals surface area contributed by atoms with Crippen LogP contribution in [0.15, 0.2) is 58.3 Å². The first kappa shape index (κ1) is 26.1. The van der Waals surface area contributed by atoms with Crippen molar-refractivity contribution in [1.29, 1.82) is 0 Å². The number of halogens is 6. The number of nitrogens with zero attached hydrogens (tertiary/aromatic N) is 2. The van der Waals surface area contributed by atoms with Crippen molar-refractivity contribution in [1.82, 2.24) is 8.61 Å². The molecule has 0 saturated carbocycles. The van der Waals surface area contributed by atoms with E-state index in [1.54, 1.807) is 0 Å². The molecule has 0 aliphatic carbocycles. The lowest BCUT2D eigenvalue weighted by molar-refractivity contribution is -0.138. The number of hydrogen-bond acceptors (Lipinski definition) is 4. The van der Waals surface area contributed by atoms with Crippen molar-refractivity contribution in [3.05, 3.63) is 59.7 Å². The number of ether oxygens (including phenoxy) is 1. The zero-order valence-corrected chi connectivity index (χ0v) is 19.6. The minimum atomic E-state index is -4.59. The minimum Gasteiger partial charge on any atom is -0.358 e. The van der Waals surface area contributed by atoms with E-state index in [0.29, 0.717) is 12.1 Å². The first-order chi connectivity index (χ1) is 16.2. The summed E-state index contributed by atoms with van der Waals surface area (Å²) in [6.45, 7) is 0.367. The van der Waals surface area contributed by atoms with E-state index in [1.807, 2.05) is 0 Å². The van der Waals surface area contributed by atoms with Crippen molar-refractivity contribution in [2.24, 2.45) is 0 Å². The summed E-state index contributed by atoms with van der Waals surface area (Å²) in [5, 5.41) is 0. The molecule has 0 radical (unpaired) electrons. The molecule has 1 atom stereocenters. The highest BCUT2D eigenvalue weighted by Gasteiger charge is 2.49. The second kappa shape index (κ2) is 9.14. The van der Waals surface area contributed by atoms with Gasteiger partial charge in [0.25, 0.3) is 0 Å². The van der Waals surface area contributed by atoms with Gasteiger partial charge in [0.15, 0.2) is 0 Å². The molecule has 14 heteroatoms. The number of alkyl halides is 6. The fourth-order valence-corrected chi connectivity index (χ4v) is 6.99. The van der Waals surface area contributed by atoms with Crippen LogP contribution in [0.5, 0.6) is 0 Å². The van der Waals surface area contributed by atoms with Crippen LogP contribution in [0.2, 0.25) is 0 Å². The smallest absolute Gasteiger partial charge is 0.358 e. The Morgan fingerprint density at radius 2 is 1.29 bits per heavy atom. The summed E-state index contributed by atoms with van der Waals surface area (Å²) in [6.07, 6.45) is -8.87. The fourth-order valence-electron chi connectivity index (χ4n) is 4.15. The summed E-state index contributed by atoms with van der Waals surface area (Å²) in [7, 11) is -5.91. The molecule has 2 fully saturated rings. The van der Waals surface area contributed by atoms with Gasteiger partial charge in [0, 0.05) is 32.5 Å². The van der Waals surface area contributed by atoms with Gasteiger partial charge in [-0.2, -0.15) is 35.0 Å². The number of sulfonamides is 1. The minimum absolute atomic E-state index is 0.0376. The standard InChI is InChI=1S/C21H20F6N2O4S2/c22-20(23,24)15-1-5-17(6-2-15)34(30)29-13-14-33-19(29)9-11-28(12-10-19)35(31,32)18-7-3-16(4-8-18)21(25,26)27/h1-8H,9-14H2. The molecule has 0 aromatic heterocycles. The number of benzene rings is 2. The molecule has 2 saturated heterocycles. The van der Waals surface area contributed by atoms with Crippen molar-refractivity contribution in [2.75, 3.05) is 26.2 Å². The Balaban J connectivity index is 1.47. The van der Waals surface area contributed by atoms with E-state index in [0.717, 1.165) is 40.7 Å². The van der Waals surface area contributed by atoms with E-state index in [2.05, 4.69) is 0 Å². The third-order valence-electron chi connectivity index (χ3n) is 6.03. The van der Waals surface area contributed by atoms with Gasteiger partial charge in [-0.1, -0.05) is 0 Å². The molecule has 1 spiro atoms. The Bertz CT molecular complexity index is 1190. The van der Waals surface area contributed by atoms with Crippen LogP contribution >= 0.6 is 0 Å². The van der Waals surface area contributed by atoms with Gasteiger partial charge in [-0.15, -0.1) is 0 Å². The third kappa shape index (κ3) is 5.12. The molecule has 1 unspecified atom stereocenters. The summed E-state index contributed by atoms with van der Waals surface area (Å²) < 4.78 is 124. The van der Waals surface area contributed by atoms with Crippen molar-refractivity contribution in [3.8, 4) is 0 Å². The summed E-state index contributed by atoms with van der Waals surface area (Å²) in [6, 6.07) is 7.16. The molecule has 0 amide bonds. The van der Waals surface area contributed by atoms with Crippen LogP contribution in [0.3, 0.4) is 0 Å². The maximum atomic E-state index is 13.1. The molecule has 2 aliphatic rings. The molecule has 35 heavy (non-hydrogen) atoms. The zero-order chi connectivity index (χ0) is 25.6. The maximum Gasteiger partial charge on any atom is 0.416 e. The van der Waals surface area contributed by atoms with Gasteiger partial charge in [-0.3, -0.25) is 0 Å². The van der Waals surface area contributed by atoms with E-state index >= 15 is 0 Å². The summed E-state index contributed by atoms with van der Waals surface area (Å²) >= 11 is 0. The quantitative estimate of drug-likeness (QED) is 0.542. The maximum absolute atomic E-state index is 13.1. The molecule has 0 bridgehead atoms. The lowest BCUT2D eigenvalue weighted by Gasteiger charge is -2.42. The Morgan fingerprint density at radius 1 is 0.800 bits per heavy atom. The van der Waals surface area contributed by atoms with Gasteiger partial charge < -0.3 is 4.74 Å². The first-order valence-corrected chi connectivity index (χ1v) is 13.0. The fraction of sp³-hybridized carbons (Fsp3) is 0.429. The van der Waals surface area contributed by atoms with Crippen LogP contribution in [0.4, 0.5) is 26.3 Å². The van der Waals surface area contributed by atoms with Gasteiger partial charge in [-0.05, 0) is 48.5 Å². The second-order valence-electron chi connectivity index (χ2n) is 8.09. The van der Waals surface area contributed by atoms with Crippen molar-refractivity contribution in [3.63, 3.8) is 0 Å². The van der Waals surface area contributed by atoms with E-state index in [4.69, 9.17) is 4.74 Å². The average Bonchev–Trinajstić information content (AvgIpc) is 3.20. The van der Waals surface area contributed by atoms with Crippen LogP contribution in [0.1, 0.15) is 24.0 Å². The highest BCUT2D eigenvalue weighted by atomic mass is 32.2. The van der Waals surface area contributed by atoms with Crippen molar-refractivity contribution >= 4 is 21.0 Å². The molecule has 6 nitrogen and oxygen atoms in total. The summed E-state index contributed by atoms with van der Waals surface area (Å²) in [4.78, 5) is -0.123. The van der Waals surface area contributed by atoms with Crippen molar-refractivity contribution < 1.29 is 43.7 Å².